The molecular weight excluding hydrogens is 478 g/mol. The number of likely N-dealkylation sites (N-methyl/N-ethyl adjacent to an activating group) is 1. The van der Waals surface area contributed by atoms with Crippen molar-refractivity contribution < 1.29 is 19.1 Å². The number of carbonyl (C=O) groups excluding carboxylic acids is 3. The Labute approximate surface area is 216 Å². The van der Waals surface area contributed by atoms with Crippen LogP contribution in [-0.2, 0) is 22.7 Å². The highest BCUT2D eigenvalue weighted by Crippen LogP contribution is 2.29. The van der Waals surface area contributed by atoms with Crippen LogP contribution >= 0.6 is 11.3 Å². The number of aliphatic imine (C=N–C) groups is 1. The number of amidine groups is 1. The molecule has 2 aromatic rings. The zero-order valence-corrected chi connectivity index (χ0v) is 22.1. The normalized spacial score (nSPS) is 15.2. The minimum Gasteiger partial charge on any atom is -0.486 e. The molecule has 10 heteroatoms. The summed E-state index contributed by atoms with van der Waals surface area (Å²) in [6.45, 7) is 5.22. The number of thiazole rings is 1. The molecule has 0 aliphatic carbocycles. The molecule has 1 aromatic heterocycles. The number of ether oxygens (including phenoxy) is 1. The summed E-state index contributed by atoms with van der Waals surface area (Å²) in [7, 11) is 3.31. The van der Waals surface area contributed by atoms with E-state index in [-0.39, 0.29) is 18.9 Å². The van der Waals surface area contributed by atoms with Gasteiger partial charge in [0.05, 0.1) is 17.3 Å². The summed E-state index contributed by atoms with van der Waals surface area (Å²) in [6, 6.07) is 4.74. The minimum absolute atomic E-state index is 0.128. The Bertz CT molecular complexity index is 1060. The van der Waals surface area contributed by atoms with Gasteiger partial charge in [-0.1, -0.05) is 12.5 Å². The Kier molecular flexibility index (Phi) is 10.6. The Morgan fingerprint density at radius 3 is 2.78 bits per heavy atom. The highest BCUT2D eigenvalue weighted by Gasteiger charge is 2.18. The van der Waals surface area contributed by atoms with E-state index in [1.165, 1.54) is 24.1 Å². The Balaban J connectivity index is 1.66. The number of carbonyl (C=O) groups is 3. The molecule has 1 fully saturated rings. The van der Waals surface area contributed by atoms with E-state index in [9.17, 15) is 14.4 Å². The fourth-order valence-corrected chi connectivity index (χ4v) is 4.97. The first-order valence-electron chi connectivity index (χ1n) is 12.3. The van der Waals surface area contributed by atoms with E-state index in [0.29, 0.717) is 29.3 Å². The van der Waals surface area contributed by atoms with Gasteiger partial charge in [0.25, 0.3) is 0 Å². The topological polar surface area (TPSA) is 104 Å². The maximum absolute atomic E-state index is 12.0. The Morgan fingerprint density at radius 2 is 2.08 bits per heavy atom. The molecule has 0 spiro atoms. The maximum Gasteiger partial charge on any atom is 0.219 e. The molecule has 194 valence electrons. The fourth-order valence-electron chi connectivity index (χ4n) is 4.09. The van der Waals surface area contributed by atoms with Crippen LogP contribution < -0.4 is 10.1 Å². The van der Waals surface area contributed by atoms with Gasteiger partial charge in [-0.3, -0.25) is 14.5 Å². The lowest BCUT2D eigenvalue weighted by Gasteiger charge is -2.25. The molecule has 1 aromatic carbocycles. The number of likely N-dealkylation sites (tertiary alicyclic amines) is 1. The third-order valence-electron chi connectivity index (χ3n) is 6.33. The van der Waals surface area contributed by atoms with Gasteiger partial charge in [0.2, 0.25) is 5.91 Å². The first-order valence-corrected chi connectivity index (χ1v) is 13.1. The maximum atomic E-state index is 12.0. The molecule has 3 rings (SSSR count). The van der Waals surface area contributed by atoms with Crippen molar-refractivity contribution in [3.8, 4) is 5.75 Å². The molecular formula is C26H35N5O4S. The smallest absolute Gasteiger partial charge is 0.219 e. The van der Waals surface area contributed by atoms with Crippen LogP contribution in [0, 0.1) is 0 Å². The number of hydrogen-bond acceptors (Lipinski definition) is 8. The van der Waals surface area contributed by atoms with Crippen molar-refractivity contribution in [1.29, 1.82) is 0 Å². The van der Waals surface area contributed by atoms with Crippen molar-refractivity contribution in [2.75, 3.05) is 27.2 Å². The van der Waals surface area contributed by atoms with Gasteiger partial charge < -0.3 is 19.7 Å². The van der Waals surface area contributed by atoms with E-state index >= 15 is 0 Å². The molecule has 0 radical (unpaired) electrons. The van der Waals surface area contributed by atoms with E-state index in [4.69, 9.17) is 4.74 Å². The molecule has 1 unspecified atom stereocenters. The number of nitrogens with zero attached hydrogens (tertiary/aromatic N) is 4. The number of nitrogens with one attached hydrogen (secondary N) is 1. The monoisotopic (exact) mass is 513 g/mol. The molecule has 1 amide bonds. The Morgan fingerprint density at radius 1 is 1.31 bits per heavy atom. The van der Waals surface area contributed by atoms with Gasteiger partial charge in [0.15, 0.2) is 6.29 Å². The number of aldehydes is 2. The summed E-state index contributed by atoms with van der Waals surface area (Å²) in [5.41, 5.74) is 0.788. The summed E-state index contributed by atoms with van der Waals surface area (Å²) in [4.78, 5) is 49.6. The highest BCUT2D eigenvalue weighted by molar-refractivity contribution is 7.11. The summed E-state index contributed by atoms with van der Waals surface area (Å²) in [5, 5.41) is 3.41. The van der Waals surface area contributed by atoms with Crippen LogP contribution in [0.15, 0.2) is 29.4 Å². The molecule has 0 bridgehead atoms. The number of piperidine rings is 1. The van der Waals surface area contributed by atoms with Crippen LogP contribution in [0.25, 0.3) is 0 Å². The number of amides is 1. The summed E-state index contributed by atoms with van der Waals surface area (Å²) in [5.74, 6) is 0.851. The zero-order chi connectivity index (χ0) is 25.9. The fraction of sp³-hybridized carbons (Fsp3) is 0.500. The molecule has 9 nitrogen and oxygen atoms in total. The van der Waals surface area contributed by atoms with Crippen LogP contribution in [0.2, 0.25) is 0 Å². The zero-order valence-electron chi connectivity index (χ0n) is 21.2. The van der Waals surface area contributed by atoms with Crippen LogP contribution in [0.3, 0.4) is 0 Å². The number of hydrogen-bond donors (Lipinski definition) is 1. The quantitative estimate of drug-likeness (QED) is 0.263. The van der Waals surface area contributed by atoms with Crippen LogP contribution in [0.1, 0.15) is 59.3 Å². The van der Waals surface area contributed by atoms with E-state index in [1.54, 1.807) is 55.5 Å². The molecule has 1 N–H and O–H groups in total. The van der Waals surface area contributed by atoms with Gasteiger partial charge in [-0.05, 0) is 51.4 Å². The van der Waals surface area contributed by atoms with Crippen LogP contribution in [0.4, 0.5) is 5.69 Å². The molecule has 1 saturated heterocycles. The van der Waals surface area contributed by atoms with Crippen molar-refractivity contribution in [3.63, 3.8) is 0 Å². The predicted molar refractivity (Wildman–Crippen MR) is 141 cm³/mol. The van der Waals surface area contributed by atoms with E-state index in [2.05, 4.69) is 20.2 Å². The van der Waals surface area contributed by atoms with Crippen molar-refractivity contribution >= 4 is 41.3 Å². The Hall–Kier alpha value is -3.11. The van der Waals surface area contributed by atoms with Gasteiger partial charge in [0, 0.05) is 38.1 Å². The largest absolute Gasteiger partial charge is 0.486 e. The van der Waals surface area contributed by atoms with E-state index in [1.807, 2.05) is 6.20 Å². The van der Waals surface area contributed by atoms with Crippen molar-refractivity contribution in [2.24, 2.45) is 4.99 Å². The average Bonchev–Trinajstić information content (AvgIpc) is 3.35. The first kappa shape index (κ1) is 27.5. The number of benzene rings is 1. The second-order valence-corrected chi connectivity index (χ2v) is 10.0. The first-order chi connectivity index (χ1) is 17.4. The standard InChI is InChI=1S/C26H35N5O4S/c1-19(30(3)20(16-32)10-11-25(34)27-2)29-23-8-7-9-24(22(23)17-33)35-18-26-28-14-21(36-26)15-31-12-5-4-6-13-31/h7-9,14,16-17,20H,4-6,10-13,15,18H2,1-3H3,(H,27,34)/b29-19-. The van der Waals surface area contributed by atoms with Crippen molar-refractivity contribution in [2.45, 2.75) is 58.2 Å². The van der Waals surface area contributed by atoms with Crippen LogP contribution in [0.5, 0.6) is 5.75 Å². The lowest BCUT2D eigenvalue weighted by Crippen LogP contribution is -2.37. The average molecular weight is 514 g/mol. The van der Waals surface area contributed by atoms with E-state index in [0.717, 1.165) is 37.2 Å². The van der Waals surface area contributed by atoms with Gasteiger partial charge in [0.1, 0.15) is 29.5 Å². The van der Waals surface area contributed by atoms with Gasteiger partial charge in [-0.15, -0.1) is 11.3 Å². The van der Waals surface area contributed by atoms with Crippen molar-refractivity contribution in [1.82, 2.24) is 20.1 Å². The molecule has 0 saturated carbocycles. The number of rotatable bonds is 12. The minimum atomic E-state index is -0.505. The third kappa shape index (κ3) is 7.69. The van der Waals surface area contributed by atoms with E-state index < -0.39 is 6.04 Å². The summed E-state index contributed by atoms with van der Waals surface area (Å²) < 4.78 is 5.97. The molecule has 1 atom stereocenters. The molecule has 2 heterocycles. The molecule has 1 aliphatic rings. The number of aromatic nitrogens is 1. The van der Waals surface area contributed by atoms with Crippen LogP contribution in [-0.4, -0.2) is 72.3 Å². The highest BCUT2D eigenvalue weighted by atomic mass is 32.1. The third-order valence-corrected chi connectivity index (χ3v) is 7.29. The lowest BCUT2D eigenvalue weighted by molar-refractivity contribution is -0.121. The molecule has 36 heavy (non-hydrogen) atoms. The predicted octanol–water partition coefficient (Wildman–Crippen LogP) is 3.60. The summed E-state index contributed by atoms with van der Waals surface area (Å²) in [6.07, 6.45) is 7.86. The molecule has 1 aliphatic heterocycles. The summed E-state index contributed by atoms with van der Waals surface area (Å²) >= 11 is 1.63. The SMILES string of the molecule is CNC(=O)CCC(C=O)N(C)/C(C)=N\c1cccc(OCc2ncc(CN3CCCCC3)s2)c1C=O. The second-order valence-electron chi connectivity index (χ2n) is 8.84. The van der Waals surface area contributed by atoms with Crippen molar-refractivity contribution in [3.05, 3.63) is 39.8 Å². The van der Waals surface area contributed by atoms with Gasteiger partial charge in [-0.2, -0.15) is 0 Å². The van der Waals surface area contributed by atoms with Gasteiger partial charge >= 0.3 is 0 Å². The second kappa shape index (κ2) is 13.8. The van der Waals surface area contributed by atoms with Gasteiger partial charge in [-0.25, -0.2) is 9.98 Å². The lowest BCUT2D eigenvalue weighted by atomic mass is 10.1.